The summed E-state index contributed by atoms with van der Waals surface area (Å²) in [6.07, 6.45) is 0.130. The number of fused-ring (bicyclic) bond motifs is 1. The molecule has 0 spiro atoms. The highest BCUT2D eigenvalue weighted by molar-refractivity contribution is 6.37. The summed E-state index contributed by atoms with van der Waals surface area (Å²) in [5.74, 6) is -1.41. The quantitative estimate of drug-likeness (QED) is 0.573. The molecule has 0 atom stereocenters. The fourth-order valence-corrected chi connectivity index (χ4v) is 1.18. The maximum absolute atomic E-state index is 12.7. The zero-order valence-electron chi connectivity index (χ0n) is 6.25. The third-order valence-electron chi connectivity index (χ3n) is 1.79. The molecule has 1 aromatic carbocycles. The van der Waals surface area contributed by atoms with Crippen LogP contribution in [-0.4, -0.2) is 11.7 Å². The van der Waals surface area contributed by atoms with Crippen LogP contribution in [0.2, 0.25) is 0 Å². The van der Waals surface area contributed by atoms with Gasteiger partial charge in [-0.1, -0.05) is 18.2 Å². The van der Waals surface area contributed by atoms with Crippen LogP contribution >= 0.6 is 0 Å². The number of nitrogens with zero attached hydrogens (tertiary/aromatic N) is 1. The van der Waals surface area contributed by atoms with Gasteiger partial charge in [-0.25, -0.2) is 4.99 Å². The van der Waals surface area contributed by atoms with Gasteiger partial charge < -0.3 is 0 Å². The number of rotatable bonds is 0. The summed E-state index contributed by atoms with van der Waals surface area (Å²) >= 11 is 0. The number of ketones is 1. The van der Waals surface area contributed by atoms with Crippen molar-refractivity contribution in [3.63, 3.8) is 0 Å². The molecule has 0 unspecified atom stereocenters. The van der Waals surface area contributed by atoms with Crippen molar-refractivity contribution in [2.45, 2.75) is 6.42 Å². The summed E-state index contributed by atoms with van der Waals surface area (Å²) in [7, 11) is 0. The van der Waals surface area contributed by atoms with Crippen LogP contribution in [-0.2, 0) is 11.2 Å². The monoisotopic (exact) mass is 163 g/mol. The predicted octanol–water partition coefficient (Wildman–Crippen LogP) is 1.81. The highest BCUT2D eigenvalue weighted by atomic mass is 19.1. The lowest BCUT2D eigenvalue weighted by molar-refractivity contribution is -0.113. The zero-order valence-corrected chi connectivity index (χ0v) is 6.25. The molecule has 0 N–H and O–H groups in total. The van der Waals surface area contributed by atoms with E-state index < -0.39 is 11.7 Å². The fourth-order valence-electron chi connectivity index (χ4n) is 1.18. The molecule has 2 rings (SSSR count). The Morgan fingerprint density at radius 1 is 1.33 bits per heavy atom. The van der Waals surface area contributed by atoms with Crippen molar-refractivity contribution in [2.75, 3.05) is 0 Å². The van der Waals surface area contributed by atoms with Crippen LogP contribution in [0.25, 0.3) is 0 Å². The third kappa shape index (κ3) is 1.03. The van der Waals surface area contributed by atoms with E-state index in [1.165, 1.54) is 0 Å². The van der Waals surface area contributed by atoms with E-state index in [2.05, 4.69) is 4.99 Å². The molecule has 60 valence electrons. The van der Waals surface area contributed by atoms with E-state index in [1.54, 1.807) is 18.2 Å². The van der Waals surface area contributed by atoms with Crippen molar-refractivity contribution >= 4 is 17.4 Å². The maximum atomic E-state index is 12.7. The Kier molecular flexibility index (Phi) is 1.50. The number of carbonyl (C=O) groups is 1. The van der Waals surface area contributed by atoms with Gasteiger partial charge in [0.15, 0.2) is 0 Å². The second-order valence-corrected chi connectivity index (χ2v) is 2.63. The second-order valence-electron chi connectivity index (χ2n) is 2.63. The number of hydrogen-bond donors (Lipinski definition) is 0. The molecule has 1 aliphatic rings. The van der Waals surface area contributed by atoms with Gasteiger partial charge in [-0.05, 0) is 11.6 Å². The van der Waals surface area contributed by atoms with Crippen LogP contribution in [0.1, 0.15) is 5.56 Å². The summed E-state index contributed by atoms with van der Waals surface area (Å²) in [5.41, 5.74) is 1.36. The van der Waals surface area contributed by atoms with Gasteiger partial charge in [0.1, 0.15) is 0 Å². The lowest BCUT2D eigenvalue weighted by Gasteiger charge is -2.08. The number of carbonyl (C=O) groups excluding carboxylic acids is 1. The summed E-state index contributed by atoms with van der Waals surface area (Å²) in [4.78, 5) is 14.4. The summed E-state index contributed by atoms with van der Waals surface area (Å²) < 4.78 is 12.7. The first-order valence-corrected chi connectivity index (χ1v) is 3.62. The molecule has 1 heterocycles. The molecular formula is C9H6FNO. The molecule has 1 aromatic rings. The standard InChI is InChI=1S/C9H6FNO/c10-9-8(12)5-6-3-1-2-4-7(6)11-9/h1-4H,5H2. The van der Waals surface area contributed by atoms with Gasteiger partial charge in [0.2, 0.25) is 5.78 Å². The minimum Gasteiger partial charge on any atom is -0.289 e. The van der Waals surface area contributed by atoms with Crippen molar-refractivity contribution in [1.29, 1.82) is 0 Å². The van der Waals surface area contributed by atoms with Gasteiger partial charge in [-0.2, -0.15) is 4.39 Å². The smallest absolute Gasteiger partial charge is 0.257 e. The van der Waals surface area contributed by atoms with E-state index in [0.29, 0.717) is 5.69 Å². The Morgan fingerprint density at radius 2 is 2.08 bits per heavy atom. The van der Waals surface area contributed by atoms with E-state index in [0.717, 1.165) is 5.56 Å². The number of para-hydroxylation sites is 1. The maximum Gasteiger partial charge on any atom is 0.257 e. The first kappa shape index (κ1) is 7.16. The summed E-state index contributed by atoms with van der Waals surface area (Å²) in [6, 6.07) is 7.06. The SMILES string of the molecule is O=C1Cc2ccccc2N=C1F. The van der Waals surface area contributed by atoms with E-state index in [9.17, 15) is 9.18 Å². The Hall–Kier alpha value is -1.51. The number of Topliss-reactive ketones (excluding diaryl/α,β-unsaturated/α-hetero) is 1. The molecule has 0 saturated carbocycles. The molecule has 3 heteroatoms. The average molecular weight is 163 g/mol. The number of hydrogen-bond acceptors (Lipinski definition) is 2. The zero-order chi connectivity index (χ0) is 8.55. The van der Waals surface area contributed by atoms with E-state index >= 15 is 0 Å². The van der Waals surface area contributed by atoms with E-state index in [1.807, 2.05) is 6.07 Å². The topological polar surface area (TPSA) is 29.4 Å². The average Bonchev–Trinajstić information content (AvgIpc) is 2.07. The van der Waals surface area contributed by atoms with Crippen LogP contribution < -0.4 is 0 Å². The van der Waals surface area contributed by atoms with E-state index in [4.69, 9.17) is 0 Å². The summed E-state index contributed by atoms with van der Waals surface area (Å²) in [6.45, 7) is 0. The lowest BCUT2D eigenvalue weighted by atomic mass is 10.0. The normalized spacial score (nSPS) is 15.4. The molecule has 1 aliphatic heterocycles. The minimum absolute atomic E-state index is 0.130. The number of aliphatic imine (C=N–C) groups is 1. The lowest BCUT2D eigenvalue weighted by Crippen LogP contribution is -2.15. The van der Waals surface area contributed by atoms with Crippen molar-refractivity contribution in [3.8, 4) is 0 Å². The Morgan fingerprint density at radius 3 is 2.92 bits per heavy atom. The second kappa shape index (κ2) is 2.52. The highest BCUT2D eigenvalue weighted by Gasteiger charge is 2.18. The van der Waals surface area contributed by atoms with E-state index in [-0.39, 0.29) is 6.42 Å². The first-order chi connectivity index (χ1) is 5.77. The molecule has 2 nitrogen and oxygen atoms in total. The molecule has 0 aliphatic carbocycles. The van der Waals surface area contributed by atoms with Gasteiger partial charge >= 0.3 is 0 Å². The molecule has 0 saturated heterocycles. The van der Waals surface area contributed by atoms with Crippen molar-refractivity contribution in [2.24, 2.45) is 4.99 Å². The van der Waals surface area contributed by atoms with Gasteiger partial charge in [-0.3, -0.25) is 4.79 Å². The Bertz CT molecular complexity index is 371. The predicted molar refractivity (Wildman–Crippen MR) is 43.4 cm³/mol. The Balaban J connectivity index is 2.56. The molecule has 0 amide bonds. The van der Waals surface area contributed by atoms with Crippen LogP contribution in [0.4, 0.5) is 10.1 Å². The molecule has 0 radical (unpaired) electrons. The van der Waals surface area contributed by atoms with Crippen molar-refractivity contribution in [1.82, 2.24) is 0 Å². The molecule has 0 fully saturated rings. The third-order valence-corrected chi connectivity index (χ3v) is 1.79. The number of benzene rings is 1. The van der Waals surface area contributed by atoms with Gasteiger partial charge in [0, 0.05) is 6.42 Å². The van der Waals surface area contributed by atoms with Crippen LogP contribution in [0.5, 0.6) is 0 Å². The van der Waals surface area contributed by atoms with Crippen LogP contribution in [0.15, 0.2) is 29.3 Å². The molecule has 0 aromatic heterocycles. The van der Waals surface area contributed by atoms with Crippen LogP contribution in [0, 0.1) is 0 Å². The summed E-state index contributed by atoms with van der Waals surface area (Å²) in [5, 5.41) is 0. The van der Waals surface area contributed by atoms with Gasteiger partial charge in [-0.15, -0.1) is 0 Å². The van der Waals surface area contributed by atoms with Gasteiger partial charge in [0.05, 0.1) is 5.69 Å². The fraction of sp³-hybridized carbons (Fsp3) is 0.111. The minimum atomic E-state index is -0.881. The molecule has 0 bridgehead atoms. The van der Waals surface area contributed by atoms with Crippen molar-refractivity contribution in [3.05, 3.63) is 29.8 Å². The van der Waals surface area contributed by atoms with Crippen LogP contribution in [0.3, 0.4) is 0 Å². The largest absolute Gasteiger partial charge is 0.289 e. The highest BCUT2D eigenvalue weighted by Crippen LogP contribution is 2.23. The van der Waals surface area contributed by atoms with Crippen molar-refractivity contribution < 1.29 is 9.18 Å². The molecular weight excluding hydrogens is 157 g/mol. The molecule has 12 heavy (non-hydrogen) atoms. The first-order valence-electron chi connectivity index (χ1n) is 3.62. The van der Waals surface area contributed by atoms with Gasteiger partial charge in [0.25, 0.3) is 5.97 Å². The number of halogens is 1. The Labute approximate surface area is 68.7 Å².